The summed E-state index contributed by atoms with van der Waals surface area (Å²) in [5.41, 5.74) is 3.00. The lowest BCUT2D eigenvalue weighted by Gasteiger charge is -2.22. The minimum Gasteiger partial charge on any atom is -0.396 e. The molecule has 0 aliphatic heterocycles. The number of aliphatic hydroxyl groups is 1. The maximum absolute atomic E-state index is 12.3. The molecule has 1 aliphatic carbocycles. The number of fused-ring (bicyclic) bond motifs is 2. The van der Waals surface area contributed by atoms with Crippen molar-refractivity contribution in [1.82, 2.24) is 30.0 Å². The Bertz CT molecular complexity index is 1390. The highest BCUT2D eigenvalue weighted by Gasteiger charge is 2.40. The number of halogens is 1. The van der Waals surface area contributed by atoms with Crippen LogP contribution in [0.25, 0.3) is 27.6 Å². The van der Waals surface area contributed by atoms with Gasteiger partial charge in [-0.1, -0.05) is 6.92 Å². The number of rotatable bonds is 6. The van der Waals surface area contributed by atoms with Crippen LogP contribution in [0.2, 0.25) is 0 Å². The minimum absolute atomic E-state index is 0.0723. The van der Waals surface area contributed by atoms with Crippen molar-refractivity contribution in [3.8, 4) is 5.69 Å². The van der Waals surface area contributed by atoms with Crippen LogP contribution in [-0.2, 0) is 11.2 Å². The zero-order valence-corrected chi connectivity index (χ0v) is 20.6. The second-order valence-corrected chi connectivity index (χ2v) is 9.80. The molecule has 1 aliphatic rings. The van der Waals surface area contributed by atoms with Crippen molar-refractivity contribution in [1.29, 1.82) is 0 Å². The monoisotopic (exact) mass is 523 g/mol. The van der Waals surface area contributed by atoms with Gasteiger partial charge in [0.2, 0.25) is 11.9 Å². The van der Waals surface area contributed by atoms with Crippen LogP contribution in [0.5, 0.6) is 0 Å². The van der Waals surface area contributed by atoms with Gasteiger partial charge in [0, 0.05) is 42.9 Å². The first kappa shape index (κ1) is 22.7. The second-order valence-electron chi connectivity index (χ2n) is 9.05. The van der Waals surface area contributed by atoms with Crippen LogP contribution in [0, 0.1) is 5.41 Å². The Kier molecular flexibility index (Phi) is 5.95. The van der Waals surface area contributed by atoms with Gasteiger partial charge in [0.15, 0.2) is 5.65 Å². The number of nitrogens with one attached hydrogen (secondary N) is 2. The summed E-state index contributed by atoms with van der Waals surface area (Å²) in [6, 6.07) is 8.09. The fraction of sp³-hybridized carbons (Fsp3) is 0.375. The average molecular weight is 524 g/mol. The van der Waals surface area contributed by atoms with E-state index in [0.717, 1.165) is 46.8 Å². The molecule has 34 heavy (non-hydrogen) atoms. The highest BCUT2D eigenvalue weighted by Crippen LogP contribution is 2.39. The molecule has 0 unspecified atom stereocenters. The Morgan fingerprint density at radius 3 is 2.94 bits per heavy atom. The molecule has 1 saturated carbocycles. The van der Waals surface area contributed by atoms with Gasteiger partial charge in [0.1, 0.15) is 4.60 Å². The van der Waals surface area contributed by atoms with Gasteiger partial charge in [-0.25, -0.2) is 9.67 Å². The fourth-order valence-corrected chi connectivity index (χ4v) is 5.17. The van der Waals surface area contributed by atoms with E-state index < -0.39 is 0 Å². The van der Waals surface area contributed by atoms with Crippen molar-refractivity contribution in [2.24, 2.45) is 5.41 Å². The van der Waals surface area contributed by atoms with E-state index in [1.165, 1.54) is 0 Å². The zero-order chi connectivity index (χ0) is 23.9. The SMILES string of the molecule is CNC(=O)[C@@]1(C)CC[C@@H](Nc2ncc3c(Br)nn(-c4ccc5ncc(CCO)cc5c4)c3n2)C1. The Labute approximate surface area is 205 Å². The molecule has 10 heteroatoms. The molecule has 3 heterocycles. The van der Waals surface area contributed by atoms with Gasteiger partial charge in [-0.05, 0) is 71.4 Å². The molecule has 176 valence electrons. The Balaban J connectivity index is 1.47. The number of amides is 1. The van der Waals surface area contributed by atoms with E-state index in [-0.39, 0.29) is 24.0 Å². The molecule has 0 bridgehead atoms. The van der Waals surface area contributed by atoms with Gasteiger partial charge in [-0.15, -0.1) is 0 Å². The molecule has 4 aromatic rings. The number of pyridine rings is 1. The lowest BCUT2D eigenvalue weighted by molar-refractivity contribution is -0.129. The molecule has 2 atom stereocenters. The molecular weight excluding hydrogens is 498 g/mol. The quantitative estimate of drug-likeness (QED) is 0.354. The zero-order valence-electron chi connectivity index (χ0n) is 19.0. The maximum atomic E-state index is 12.3. The molecule has 5 rings (SSSR count). The lowest BCUT2D eigenvalue weighted by atomic mass is 9.87. The third kappa shape index (κ3) is 4.12. The van der Waals surface area contributed by atoms with E-state index in [2.05, 4.69) is 41.6 Å². The summed E-state index contributed by atoms with van der Waals surface area (Å²) >= 11 is 3.53. The van der Waals surface area contributed by atoms with E-state index in [9.17, 15) is 9.90 Å². The molecule has 9 nitrogen and oxygen atoms in total. The number of aliphatic hydroxyl groups excluding tert-OH is 1. The molecule has 0 saturated heterocycles. The molecule has 3 aromatic heterocycles. The number of anilines is 1. The number of benzene rings is 1. The summed E-state index contributed by atoms with van der Waals surface area (Å²) in [5.74, 6) is 0.586. The van der Waals surface area contributed by atoms with Crippen LogP contribution >= 0.6 is 15.9 Å². The summed E-state index contributed by atoms with van der Waals surface area (Å²) in [6.45, 7) is 2.09. The number of aromatic nitrogens is 5. The normalized spacial score (nSPS) is 20.2. The molecule has 1 amide bonds. The minimum atomic E-state index is -0.380. The Morgan fingerprint density at radius 2 is 2.15 bits per heavy atom. The van der Waals surface area contributed by atoms with Gasteiger partial charge in [-0.3, -0.25) is 9.78 Å². The van der Waals surface area contributed by atoms with Crippen molar-refractivity contribution in [2.45, 2.75) is 38.6 Å². The largest absolute Gasteiger partial charge is 0.396 e. The van der Waals surface area contributed by atoms with Gasteiger partial charge < -0.3 is 15.7 Å². The van der Waals surface area contributed by atoms with Gasteiger partial charge in [-0.2, -0.15) is 10.1 Å². The van der Waals surface area contributed by atoms with Crippen molar-refractivity contribution in [3.05, 3.63) is 46.8 Å². The summed E-state index contributed by atoms with van der Waals surface area (Å²) in [6.07, 6.45) is 6.53. The van der Waals surface area contributed by atoms with Crippen LogP contribution in [0.1, 0.15) is 31.7 Å². The van der Waals surface area contributed by atoms with E-state index in [0.29, 0.717) is 22.6 Å². The van der Waals surface area contributed by atoms with E-state index in [1.807, 2.05) is 31.2 Å². The topological polar surface area (TPSA) is 118 Å². The van der Waals surface area contributed by atoms with Crippen molar-refractivity contribution in [2.75, 3.05) is 19.0 Å². The smallest absolute Gasteiger partial charge is 0.225 e. The number of hydrogen-bond donors (Lipinski definition) is 3. The van der Waals surface area contributed by atoms with E-state index >= 15 is 0 Å². The number of nitrogens with zero attached hydrogens (tertiary/aromatic N) is 5. The highest BCUT2D eigenvalue weighted by molar-refractivity contribution is 9.10. The predicted molar refractivity (Wildman–Crippen MR) is 134 cm³/mol. The Hall–Kier alpha value is -3.11. The second kappa shape index (κ2) is 8.92. The summed E-state index contributed by atoms with van der Waals surface area (Å²) in [7, 11) is 1.68. The van der Waals surface area contributed by atoms with Gasteiger partial charge in [0.05, 0.1) is 16.6 Å². The van der Waals surface area contributed by atoms with Crippen molar-refractivity contribution < 1.29 is 9.90 Å². The van der Waals surface area contributed by atoms with Crippen LogP contribution in [0.4, 0.5) is 5.95 Å². The van der Waals surface area contributed by atoms with Crippen LogP contribution < -0.4 is 10.6 Å². The molecule has 3 N–H and O–H groups in total. The van der Waals surface area contributed by atoms with Crippen molar-refractivity contribution >= 4 is 49.7 Å². The van der Waals surface area contributed by atoms with Crippen LogP contribution in [0.15, 0.2) is 41.3 Å². The molecule has 1 fully saturated rings. The molecule has 1 aromatic carbocycles. The van der Waals surface area contributed by atoms with Gasteiger partial charge >= 0.3 is 0 Å². The number of carbonyl (C=O) groups excluding carboxylic acids is 1. The summed E-state index contributed by atoms with van der Waals surface area (Å²) < 4.78 is 2.45. The van der Waals surface area contributed by atoms with Crippen LogP contribution in [-0.4, -0.2) is 55.4 Å². The first-order valence-electron chi connectivity index (χ1n) is 11.3. The predicted octanol–water partition coefficient (Wildman–Crippen LogP) is 3.38. The first-order valence-corrected chi connectivity index (χ1v) is 12.1. The summed E-state index contributed by atoms with van der Waals surface area (Å²) in [5, 5.41) is 21.9. The Morgan fingerprint density at radius 1 is 1.29 bits per heavy atom. The third-order valence-electron chi connectivity index (χ3n) is 6.60. The highest BCUT2D eigenvalue weighted by atomic mass is 79.9. The standard InChI is InChI=1S/C24H26BrN7O2/c1-24(22(34)26-2)7-5-16(11-24)29-23-28-13-18-20(25)31-32(21(18)30-23)17-3-4-19-15(10-17)9-14(6-8-33)12-27-19/h3-4,9-10,12-13,16,33H,5-8,11H2,1-2H3,(H,26,34)(H,28,29,30)/t16-,24+/m1/s1. The lowest BCUT2D eigenvalue weighted by Crippen LogP contribution is -2.35. The average Bonchev–Trinajstić information content (AvgIpc) is 3.38. The molecule has 0 radical (unpaired) electrons. The molecular formula is C24H26BrN7O2. The number of hydrogen-bond acceptors (Lipinski definition) is 7. The fourth-order valence-electron chi connectivity index (χ4n) is 4.74. The number of carbonyl (C=O) groups is 1. The van der Waals surface area contributed by atoms with Crippen molar-refractivity contribution in [3.63, 3.8) is 0 Å². The van der Waals surface area contributed by atoms with E-state index in [4.69, 9.17) is 4.98 Å². The van der Waals surface area contributed by atoms with Gasteiger partial charge in [0.25, 0.3) is 0 Å². The maximum Gasteiger partial charge on any atom is 0.225 e. The summed E-state index contributed by atoms with van der Waals surface area (Å²) in [4.78, 5) is 26.0. The van der Waals surface area contributed by atoms with E-state index in [1.54, 1.807) is 24.1 Å². The van der Waals surface area contributed by atoms with Crippen LogP contribution in [0.3, 0.4) is 0 Å². The first-order chi connectivity index (χ1) is 16.4. The molecule has 0 spiro atoms. The third-order valence-corrected chi connectivity index (χ3v) is 7.18.